The molecule has 0 aromatic rings. The minimum absolute atomic E-state index is 0.318. The van der Waals surface area contributed by atoms with Crippen molar-refractivity contribution in [2.45, 2.75) is 32.6 Å². The Balaban J connectivity index is 0. The van der Waals surface area contributed by atoms with Crippen LogP contribution in [0.4, 0.5) is 0 Å². The Morgan fingerprint density at radius 1 is 1.38 bits per heavy atom. The summed E-state index contributed by atoms with van der Waals surface area (Å²) in [7, 11) is -5.17. The summed E-state index contributed by atoms with van der Waals surface area (Å²) in [6.07, 6.45) is 4.24. The zero-order chi connectivity index (χ0) is 10.9. The lowest BCUT2D eigenvalue weighted by Gasteiger charge is -2.06. The molecule has 0 heterocycles. The van der Waals surface area contributed by atoms with E-state index in [1.54, 1.807) is 0 Å². The number of nitrogens with two attached hydrogens (primary N) is 1. The SMILES string of the molecule is CCCCCC(=N)N.O=S(=O)([O-])[O-]. The standard InChI is InChI=1S/C6H14N2.H2O4S/c1-2-3-4-5-6(7)8;1-5(2,3)4/h2-5H2,1H3,(H3,7,8);(H2,1,2,3,4)/p-2. The number of amidine groups is 1. The maximum Gasteiger partial charge on any atom is 0.0905 e. The van der Waals surface area contributed by atoms with Crippen LogP contribution >= 0.6 is 0 Å². The summed E-state index contributed by atoms with van der Waals surface area (Å²) >= 11 is 0. The van der Waals surface area contributed by atoms with Crippen LogP contribution in [0.1, 0.15) is 32.6 Å². The molecule has 6 nitrogen and oxygen atoms in total. The Hall–Kier alpha value is -0.660. The van der Waals surface area contributed by atoms with E-state index in [9.17, 15) is 0 Å². The summed E-state index contributed by atoms with van der Waals surface area (Å²) in [4.78, 5) is 0. The van der Waals surface area contributed by atoms with E-state index in [2.05, 4.69) is 6.92 Å². The topological polar surface area (TPSA) is 130 Å². The van der Waals surface area contributed by atoms with Crippen LogP contribution < -0.4 is 5.73 Å². The van der Waals surface area contributed by atoms with E-state index in [1.165, 1.54) is 12.8 Å². The minimum atomic E-state index is -5.17. The summed E-state index contributed by atoms with van der Waals surface area (Å²) in [5.74, 6) is 0.318. The van der Waals surface area contributed by atoms with Crippen LogP contribution in [0, 0.1) is 5.41 Å². The molecule has 0 aliphatic carbocycles. The molecule has 3 N–H and O–H groups in total. The van der Waals surface area contributed by atoms with Gasteiger partial charge >= 0.3 is 0 Å². The fourth-order valence-electron chi connectivity index (χ4n) is 0.565. The summed E-state index contributed by atoms with van der Waals surface area (Å²) in [5, 5.41) is 6.85. The van der Waals surface area contributed by atoms with Crippen molar-refractivity contribution in [1.29, 1.82) is 5.41 Å². The van der Waals surface area contributed by atoms with Crippen LogP contribution in [0.3, 0.4) is 0 Å². The smallest absolute Gasteiger partial charge is 0.0905 e. The number of hydrogen-bond acceptors (Lipinski definition) is 5. The highest BCUT2D eigenvalue weighted by Crippen LogP contribution is 1.96. The Morgan fingerprint density at radius 3 is 2.00 bits per heavy atom. The van der Waals surface area contributed by atoms with Gasteiger partial charge in [0.25, 0.3) is 0 Å². The molecule has 13 heavy (non-hydrogen) atoms. The Bertz CT molecular complexity index is 217. The molecule has 0 unspecified atom stereocenters. The van der Waals surface area contributed by atoms with Gasteiger partial charge < -0.3 is 14.8 Å². The molecule has 0 aromatic heterocycles. The van der Waals surface area contributed by atoms with Gasteiger partial charge in [0.15, 0.2) is 0 Å². The molecule has 0 amide bonds. The second-order valence-corrected chi connectivity index (χ2v) is 3.21. The molecule has 0 aliphatic rings. The van der Waals surface area contributed by atoms with E-state index in [1.807, 2.05) is 0 Å². The average molecular weight is 210 g/mol. The predicted octanol–water partition coefficient (Wildman–Crippen LogP) is 0.165. The van der Waals surface area contributed by atoms with Crippen molar-refractivity contribution in [3.63, 3.8) is 0 Å². The molecular weight excluding hydrogens is 196 g/mol. The summed E-state index contributed by atoms with van der Waals surface area (Å²) in [6.45, 7) is 2.14. The first kappa shape index (κ1) is 14.8. The van der Waals surface area contributed by atoms with Gasteiger partial charge in [-0.15, -0.1) is 0 Å². The third-order valence-corrected chi connectivity index (χ3v) is 1.05. The van der Waals surface area contributed by atoms with Crippen molar-refractivity contribution in [3.05, 3.63) is 0 Å². The molecule has 0 saturated heterocycles. The van der Waals surface area contributed by atoms with E-state index in [0.717, 1.165) is 12.8 Å². The van der Waals surface area contributed by atoms with Gasteiger partial charge in [-0.05, 0) is 6.42 Å². The molecule has 0 fully saturated rings. The van der Waals surface area contributed by atoms with Crippen molar-refractivity contribution in [1.82, 2.24) is 0 Å². The van der Waals surface area contributed by atoms with Crippen molar-refractivity contribution >= 4 is 16.2 Å². The van der Waals surface area contributed by atoms with Gasteiger partial charge in [0.1, 0.15) is 0 Å². The fraction of sp³-hybridized carbons (Fsp3) is 0.833. The molecule has 0 aromatic carbocycles. The lowest BCUT2D eigenvalue weighted by molar-refractivity contribution is 0.352. The largest absolute Gasteiger partial charge is 0.759 e. The van der Waals surface area contributed by atoms with Crippen molar-refractivity contribution in [2.75, 3.05) is 0 Å². The van der Waals surface area contributed by atoms with Gasteiger partial charge in [-0.3, -0.25) is 13.8 Å². The molecule has 0 radical (unpaired) electrons. The Kier molecular flexibility index (Phi) is 9.09. The molecule has 0 saturated carbocycles. The molecule has 0 atom stereocenters. The third-order valence-electron chi connectivity index (χ3n) is 1.05. The molecule has 0 aliphatic heterocycles. The van der Waals surface area contributed by atoms with Gasteiger partial charge in [-0.1, -0.05) is 19.8 Å². The van der Waals surface area contributed by atoms with E-state index < -0.39 is 10.4 Å². The second-order valence-electron chi connectivity index (χ2n) is 2.39. The molecule has 0 spiro atoms. The zero-order valence-corrected chi connectivity index (χ0v) is 8.26. The average Bonchev–Trinajstić information content (AvgIpc) is 1.83. The number of hydrogen-bond donors (Lipinski definition) is 2. The van der Waals surface area contributed by atoms with Crippen molar-refractivity contribution in [3.8, 4) is 0 Å². The van der Waals surface area contributed by atoms with Crippen LogP contribution in [-0.4, -0.2) is 23.4 Å². The number of unbranched alkanes of at least 4 members (excludes halogenated alkanes) is 2. The van der Waals surface area contributed by atoms with Gasteiger partial charge in [-0.25, -0.2) is 0 Å². The van der Waals surface area contributed by atoms with Gasteiger partial charge in [-0.2, -0.15) is 0 Å². The van der Waals surface area contributed by atoms with Crippen LogP contribution in [0.5, 0.6) is 0 Å². The van der Waals surface area contributed by atoms with E-state index in [-0.39, 0.29) is 0 Å². The second kappa shape index (κ2) is 7.96. The maximum absolute atomic E-state index is 8.52. The van der Waals surface area contributed by atoms with Crippen LogP contribution in [0.25, 0.3) is 0 Å². The summed E-state index contributed by atoms with van der Waals surface area (Å²) in [6, 6.07) is 0. The molecular formula is C6H14N2O4S-2. The highest BCUT2D eigenvalue weighted by atomic mass is 32.3. The van der Waals surface area contributed by atoms with E-state index >= 15 is 0 Å². The van der Waals surface area contributed by atoms with Gasteiger partial charge in [0, 0.05) is 16.8 Å². The third kappa shape index (κ3) is 52.5. The Labute approximate surface area is 78.2 Å². The Morgan fingerprint density at radius 2 is 1.77 bits per heavy atom. The van der Waals surface area contributed by atoms with E-state index in [4.69, 9.17) is 28.7 Å². The summed E-state index contributed by atoms with van der Waals surface area (Å²) in [5.41, 5.74) is 5.12. The lowest BCUT2D eigenvalue weighted by Crippen LogP contribution is -2.08. The first-order valence-electron chi connectivity index (χ1n) is 3.77. The summed E-state index contributed by atoms with van der Waals surface area (Å²) < 4.78 is 34.1. The van der Waals surface area contributed by atoms with Crippen LogP contribution in [0.15, 0.2) is 0 Å². The normalized spacial score (nSPS) is 10.1. The lowest BCUT2D eigenvalue weighted by atomic mass is 10.2. The van der Waals surface area contributed by atoms with Crippen LogP contribution in [-0.2, 0) is 10.4 Å². The molecule has 0 bridgehead atoms. The molecule has 0 rings (SSSR count). The van der Waals surface area contributed by atoms with Crippen molar-refractivity contribution < 1.29 is 17.5 Å². The zero-order valence-electron chi connectivity index (χ0n) is 7.45. The highest BCUT2D eigenvalue weighted by Gasteiger charge is 1.86. The van der Waals surface area contributed by atoms with Crippen molar-refractivity contribution in [2.24, 2.45) is 5.73 Å². The molecule has 80 valence electrons. The van der Waals surface area contributed by atoms with Gasteiger partial charge in [0.05, 0.1) is 5.84 Å². The van der Waals surface area contributed by atoms with Gasteiger partial charge in [0.2, 0.25) is 0 Å². The number of nitrogens with one attached hydrogen (secondary N) is 1. The molecule has 7 heteroatoms. The quantitative estimate of drug-likeness (QED) is 0.224. The minimum Gasteiger partial charge on any atom is -0.759 e. The van der Waals surface area contributed by atoms with Crippen LogP contribution in [0.2, 0.25) is 0 Å². The monoisotopic (exact) mass is 210 g/mol. The van der Waals surface area contributed by atoms with E-state index in [0.29, 0.717) is 5.84 Å². The first-order valence-corrected chi connectivity index (χ1v) is 5.10. The first-order chi connectivity index (χ1) is 5.77. The highest BCUT2D eigenvalue weighted by molar-refractivity contribution is 7.79. The maximum atomic E-state index is 8.52. The predicted molar refractivity (Wildman–Crippen MR) is 46.5 cm³/mol. The fourth-order valence-corrected chi connectivity index (χ4v) is 0.565. The number of rotatable bonds is 4.